The summed E-state index contributed by atoms with van der Waals surface area (Å²) in [5, 5.41) is 0. The van der Waals surface area contributed by atoms with Crippen LogP contribution in [-0.2, 0) is 9.53 Å². The van der Waals surface area contributed by atoms with Gasteiger partial charge in [-0.3, -0.25) is 0 Å². The zero-order chi connectivity index (χ0) is 23.4. The number of ether oxygens (including phenoxy) is 3. The maximum absolute atomic E-state index is 12.5. The number of cyclic esters (lactones) is 1. The molecule has 0 saturated carbocycles. The number of aliphatic imine (C=N–C) groups is 1. The molecule has 1 aliphatic heterocycles. The first kappa shape index (κ1) is 22.6. The molecule has 0 atom stereocenters. The van der Waals surface area contributed by atoms with Gasteiger partial charge in [0.25, 0.3) is 0 Å². The average Bonchev–Trinajstić information content (AvgIpc) is 3.18. The molecule has 0 aliphatic carbocycles. The number of methoxy groups -OCH3 is 1. The highest BCUT2D eigenvalue weighted by molar-refractivity contribution is 9.10. The zero-order valence-electron chi connectivity index (χ0n) is 18.3. The fraction of sp³-hybridized carbons (Fsp3) is 0.111. The lowest BCUT2D eigenvalue weighted by Gasteiger charge is -2.13. The number of carbonyl (C=O) groups excluding carboxylic acids is 1. The van der Waals surface area contributed by atoms with Crippen molar-refractivity contribution in [2.75, 3.05) is 13.7 Å². The first-order chi connectivity index (χ1) is 15.9. The Balaban J connectivity index is 1.59. The van der Waals surface area contributed by atoms with Gasteiger partial charge in [-0.05, 0) is 75.5 Å². The summed E-state index contributed by atoms with van der Waals surface area (Å²) in [5.74, 6) is 0.872. The summed E-state index contributed by atoms with van der Waals surface area (Å²) >= 11 is 3.51. The van der Waals surface area contributed by atoms with E-state index in [0.29, 0.717) is 22.6 Å². The predicted molar refractivity (Wildman–Crippen MR) is 133 cm³/mol. The summed E-state index contributed by atoms with van der Waals surface area (Å²) < 4.78 is 17.3. The van der Waals surface area contributed by atoms with Gasteiger partial charge in [-0.2, -0.15) is 0 Å². The second-order valence-electron chi connectivity index (χ2n) is 7.56. The van der Waals surface area contributed by atoms with Crippen molar-refractivity contribution >= 4 is 33.9 Å². The third-order valence-electron chi connectivity index (χ3n) is 4.88. The van der Waals surface area contributed by atoms with E-state index in [1.165, 1.54) is 0 Å². The highest BCUT2D eigenvalue weighted by Crippen LogP contribution is 2.37. The number of benzene rings is 3. The van der Waals surface area contributed by atoms with E-state index < -0.39 is 5.97 Å². The molecule has 0 N–H and O–H groups in total. The van der Waals surface area contributed by atoms with E-state index in [9.17, 15) is 4.79 Å². The molecule has 6 heteroatoms. The van der Waals surface area contributed by atoms with Gasteiger partial charge in [0, 0.05) is 5.56 Å². The monoisotopic (exact) mass is 503 g/mol. The van der Waals surface area contributed by atoms with Gasteiger partial charge >= 0.3 is 5.97 Å². The van der Waals surface area contributed by atoms with Gasteiger partial charge < -0.3 is 14.2 Å². The third kappa shape index (κ3) is 5.23. The lowest BCUT2D eigenvalue weighted by Crippen LogP contribution is -2.05. The van der Waals surface area contributed by atoms with Crippen LogP contribution in [0.25, 0.3) is 17.2 Å². The second-order valence-corrected chi connectivity index (χ2v) is 8.41. The summed E-state index contributed by atoms with van der Waals surface area (Å²) in [7, 11) is 1.56. The van der Waals surface area contributed by atoms with Crippen LogP contribution >= 0.6 is 15.9 Å². The number of nitrogens with zero attached hydrogens (tertiary/aromatic N) is 1. The van der Waals surface area contributed by atoms with Crippen molar-refractivity contribution in [2.24, 2.45) is 4.99 Å². The van der Waals surface area contributed by atoms with Crippen LogP contribution in [0, 0.1) is 0 Å². The van der Waals surface area contributed by atoms with Crippen molar-refractivity contribution in [3.63, 3.8) is 0 Å². The highest BCUT2D eigenvalue weighted by Gasteiger charge is 2.24. The molecule has 33 heavy (non-hydrogen) atoms. The van der Waals surface area contributed by atoms with Crippen LogP contribution in [0.5, 0.6) is 11.5 Å². The molecule has 0 radical (unpaired) electrons. The molecule has 5 nitrogen and oxygen atoms in total. The van der Waals surface area contributed by atoms with Gasteiger partial charge in [0.1, 0.15) is 6.61 Å². The molecule has 166 valence electrons. The molecule has 3 aromatic rings. The van der Waals surface area contributed by atoms with E-state index in [-0.39, 0.29) is 11.6 Å². The van der Waals surface area contributed by atoms with Crippen LogP contribution in [0.3, 0.4) is 0 Å². The molecular weight excluding hydrogens is 482 g/mol. The van der Waals surface area contributed by atoms with Crippen LogP contribution in [0.1, 0.15) is 18.1 Å². The predicted octanol–water partition coefficient (Wildman–Crippen LogP) is 6.42. The molecule has 1 aliphatic rings. The summed E-state index contributed by atoms with van der Waals surface area (Å²) in [6.45, 7) is 6.10. The molecule has 0 bridgehead atoms. The summed E-state index contributed by atoms with van der Waals surface area (Å²) in [6, 6.07) is 21.4. The van der Waals surface area contributed by atoms with Gasteiger partial charge in [-0.25, -0.2) is 9.79 Å². The molecule has 0 spiro atoms. The Labute approximate surface area is 201 Å². The van der Waals surface area contributed by atoms with E-state index >= 15 is 0 Å². The highest BCUT2D eigenvalue weighted by atomic mass is 79.9. The fourth-order valence-electron chi connectivity index (χ4n) is 3.28. The fourth-order valence-corrected chi connectivity index (χ4v) is 3.86. The molecule has 0 aromatic heterocycles. The van der Waals surface area contributed by atoms with Crippen LogP contribution in [0.2, 0.25) is 0 Å². The number of esters is 1. The first-order valence-corrected chi connectivity index (χ1v) is 11.1. The van der Waals surface area contributed by atoms with Crippen molar-refractivity contribution in [3.8, 4) is 22.6 Å². The van der Waals surface area contributed by atoms with E-state index in [0.717, 1.165) is 27.8 Å². The minimum Gasteiger partial charge on any atom is -0.493 e. The van der Waals surface area contributed by atoms with Gasteiger partial charge in [0.05, 0.1) is 11.6 Å². The van der Waals surface area contributed by atoms with E-state index in [4.69, 9.17) is 14.2 Å². The summed E-state index contributed by atoms with van der Waals surface area (Å²) in [6.07, 6.45) is 1.66. The zero-order valence-corrected chi connectivity index (χ0v) is 19.9. The van der Waals surface area contributed by atoms with E-state index in [1.807, 2.05) is 67.6 Å². The largest absolute Gasteiger partial charge is 0.493 e. The molecule has 0 fully saturated rings. The van der Waals surface area contributed by atoms with Crippen LogP contribution in [-0.4, -0.2) is 25.6 Å². The van der Waals surface area contributed by atoms with Crippen molar-refractivity contribution in [1.82, 2.24) is 0 Å². The minimum absolute atomic E-state index is 0.210. The SMILES string of the molecule is C=C(C)COc1c(Br)cc(/C=C2\N=C(c3ccc(-c4ccccc4)cc3)OC2=O)cc1OC. The van der Waals surface area contributed by atoms with Gasteiger partial charge in [-0.1, -0.05) is 49.0 Å². The van der Waals surface area contributed by atoms with Crippen LogP contribution in [0.4, 0.5) is 0 Å². The van der Waals surface area contributed by atoms with Crippen molar-refractivity contribution in [1.29, 1.82) is 0 Å². The molecule has 0 saturated heterocycles. The molecule has 0 unspecified atom stereocenters. The molecule has 4 rings (SSSR count). The van der Waals surface area contributed by atoms with E-state index in [2.05, 4.69) is 27.5 Å². The maximum atomic E-state index is 12.5. The lowest BCUT2D eigenvalue weighted by molar-refractivity contribution is -0.129. The third-order valence-corrected chi connectivity index (χ3v) is 5.47. The number of rotatable bonds is 7. The number of hydrogen-bond acceptors (Lipinski definition) is 5. The molecular formula is C27H22BrNO4. The second kappa shape index (κ2) is 9.88. The number of hydrogen-bond donors (Lipinski definition) is 0. The van der Waals surface area contributed by atoms with Crippen molar-refractivity contribution in [3.05, 3.63) is 100 Å². The Morgan fingerprint density at radius 3 is 2.39 bits per heavy atom. The normalized spacial score (nSPS) is 14.1. The number of halogens is 1. The Morgan fingerprint density at radius 2 is 1.73 bits per heavy atom. The Kier molecular flexibility index (Phi) is 6.75. The Bertz CT molecular complexity index is 1260. The van der Waals surface area contributed by atoms with Gasteiger partial charge in [-0.15, -0.1) is 0 Å². The van der Waals surface area contributed by atoms with Crippen LogP contribution in [0.15, 0.2) is 94.0 Å². The smallest absolute Gasteiger partial charge is 0.363 e. The Morgan fingerprint density at radius 1 is 1.06 bits per heavy atom. The van der Waals surface area contributed by atoms with Crippen molar-refractivity contribution < 1.29 is 19.0 Å². The first-order valence-electron chi connectivity index (χ1n) is 10.3. The maximum Gasteiger partial charge on any atom is 0.363 e. The summed E-state index contributed by atoms with van der Waals surface area (Å²) in [5.41, 5.74) is 4.74. The molecule has 1 heterocycles. The lowest BCUT2D eigenvalue weighted by atomic mass is 10.0. The van der Waals surface area contributed by atoms with Crippen LogP contribution < -0.4 is 9.47 Å². The van der Waals surface area contributed by atoms with Gasteiger partial charge in [0.2, 0.25) is 5.90 Å². The Hall–Kier alpha value is -3.64. The summed E-state index contributed by atoms with van der Waals surface area (Å²) in [4.78, 5) is 16.9. The standard InChI is InChI=1S/C27H22BrNO4/c1-17(2)16-32-25-22(28)13-18(15-24(25)31-3)14-23-27(30)33-26(29-23)21-11-9-20(10-12-21)19-7-5-4-6-8-19/h4-15H,1,16H2,2-3H3/b23-14-. The molecule has 3 aromatic carbocycles. The molecule has 0 amide bonds. The topological polar surface area (TPSA) is 57.1 Å². The average molecular weight is 504 g/mol. The number of carbonyl (C=O) groups is 1. The van der Waals surface area contributed by atoms with E-state index in [1.54, 1.807) is 19.3 Å². The van der Waals surface area contributed by atoms with Crippen molar-refractivity contribution in [2.45, 2.75) is 6.92 Å². The quantitative estimate of drug-likeness (QED) is 0.212. The van der Waals surface area contributed by atoms with Gasteiger partial charge in [0.15, 0.2) is 17.2 Å². The minimum atomic E-state index is -0.505.